The molecule has 0 N–H and O–H groups in total. The first-order valence-electron chi connectivity index (χ1n) is 6.50. The molecule has 1 aromatic heterocycles. The summed E-state index contributed by atoms with van der Waals surface area (Å²) in [4.78, 5) is 11.8. The van der Waals surface area contributed by atoms with Gasteiger partial charge < -0.3 is 9.47 Å². The zero-order chi connectivity index (χ0) is 15.1. The van der Waals surface area contributed by atoms with Gasteiger partial charge >= 0.3 is 5.97 Å². The number of hydrogen-bond acceptors (Lipinski definition) is 4. The number of nitrogens with zero attached hydrogens (tertiary/aromatic N) is 2. The number of benzene rings is 1. The SMILES string of the molecule is C#CCOc1ccc(C(=O)OCCc2cnn(C)c2)cc1. The van der Waals surface area contributed by atoms with Gasteiger partial charge in [-0.05, 0) is 29.8 Å². The van der Waals surface area contributed by atoms with Crippen LogP contribution in [0.2, 0.25) is 0 Å². The third-order valence-corrected chi connectivity index (χ3v) is 2.79. The Morgan fingerprint density at radius 1 is 1.38 bits per heavy atom. The molecule has 2 aromatic rings. The van der Waals surface area contributed by atoms with Crippen molar-refractivity contribution in [3.63, 3.8) is 0 Å². The molecular weight excluding hydrogens is 268 g/mol. The Hall–Kier alpha value is -2.74. The van der Waals surface area contributed by atoms with Crippen LogP contribution in [0.4, 0.5) is 0 Å². The molecular formula is C16H16N2O3. The summed E-state index contributed by atoms with van der Waals surface area (Å²) in [7, 11) is 1.85. The Balaban J connectivity index is 1.81. The molecule has 0 aliphatic heterocycles. The van der Waals surface area contributed by atoms with E-state index in [0.717, 1.165) is 5.56 Å². The van der Waals surface area contributed by atoms with Crippen molar-refractivity contribution < 1.29 is 14.3 Å². The van der Waals surface area contributed by atoms with Crippen molar-refractivity contribution in [2.24, 2.45) is 7.05 Å². The second kappa shape index (κ2) is 7.15. The molecule has 21 heavy (non-hydrogen) atoms. The molecule has 5 nitrogen and oxygen atoms in total. The second-order valence-electron chi connectivity index (χ2n) is 4.43. The first-order chi connectivity index (χ1) is 10.2. The number of carbonyl (C=O) groups is 1. The summed E-state index contributed by atoms with van der Waals surface area (Å²) in [5, 5.41) is 4.05. The van der Waals surface area contributed by atoms with Gasteiger partial charge in [0.05, 0.1) is 18.4 Å². The summed E-state index contributed by atoms with van der Waals surface area (Å²) in [6.45, 7) is 0.523. The summed E-state index contributed by atoms with van der Waals surface area (Å²) >= 11 is 0. The Kier molecular flexibility index (Phi) is 4.99. The molecule has 0 radical (unpaired) electrons. The summed E-state index contributed by atoms with van der Waals surface area (Å²) in [6.07, 6.45) is 9.40. The molecule has 0 spiro atoms. The van der Waals surface area contributed by atoms with Crippen LogP contribution in [0.3, 0.4) is 0 Å². The zero-order valence-corrected chi connectivity index (χ0v) is 11.8. The van der Waals surface area contributed by atoms with E-state index in [9.17, 15) is 4.79 Å². The van der Waals surface area contributed by atoms with Crippen LogP contribution in [0.25, 0.3) is 0 Å². The van der Waals surface area contributed by atoms with E-state index in [1.54, 1.807) is 35.1 Å². The van der Waals surface area contributed by atoms with Crippen LogP contribution in [-0.4, -0.2) is 29.0 Å². The van der Waals surface area contributed by atoms with E-state index >= 15 is 0 Å². The van der Waals surface area contributed by atoms with Gasteiger partial charge in [-0.15, -0.1) is 6.42 Å². The highest BCUT2D eigenvalue weighted by atomic mass is 16.5. The predicted octanol–water partition coefficient (Wildman–Crippen LogP) is 1.83. The minimum atomic E-state index is -0.359. The molecule has 0 aliphatic carbocycles. The van der Waals surface area contributed by atoms with E-state index in [4.69, 9.17) is 15.9 Å². The van der Waals surface area contributed by atoms with Crippen LogP contribution in [-0.2, 0) is 18.2 Å². The zero-order valence-electron chi connectivity index (χ0n) is 11.8. The second-order valence-corrected chi connectivity index (χ2v) is 4.43. The van der Waals surface area contributed by atoms with E-state index in [1.807, 2.05) is 13.2 Å². The number of carbonyl (C=O) groups excluding carboxylic acids is 1. The lowest BCUT2D eigenvalue weighted by Crippen LogP contribution is -2.08. The summed E-state index contributed by atoms with van der Waals surface area (Å²) < 4.78 is 12.2. The topological polar surface area (TPSA) is 53.4 Å². The number of aromatic nitrogens is 2. The van der Waals surface area contributed by atoms with Gasteiger partial charge in [-0.2, -0.15) is 5.10 Å². The van der Waals surface area contributed by atoms with Crippen molar-refractivity contribution in [1.82, 2.24) is 9.78 Å². The molecule has 0 unspecified atom stereocenters. The molecule has 5 heteroatoms. The standard InChI is InChI=1S/C16H16N2O3/c1-3-9-20-15-6-4-14(5-7-15)16(19)21-10-8-13-11-17-18(2)12-13/h1,4-7,11-12H,8-10H2,2H3. The van der Waals surface area contributed by atoms with Crippen LogP contribution in [0, 0.1) is 12.3 Å². The van der Waals surface area contributed by atoms with Gasteiger partial charge in [0.25, 0.3) is 0 Å². The van der Waals surface area contributed by atoms with Gasteiger partial charge in [-0.1, -0.05) is 5.92 Å². The number of rotatable bonds is 6. The molecule has 1 heterocycles. The van der Waals surface area contributed by atoms with Crippen molar-refractivity contribution in [2.75, 3.05) is 13.2 Å². The van der Waals surface area contributed by atoms with Crippen molar-refractivity contribution >= 4 is 5.97 Å². The van der Waals surface area contributed by atoms with E-state index in [1.165, 1.54) is 0 Å². The fraction of sp³-hybridized carbons (Fsp3) is 0.250. The monoisotopic (exact) mass is 284 g/mol. The summed E-state index contributed by atoms with van der Waals surface area (Å²) in [6, 6.07) is 6.68. The molecule has 1 aromatic carbocycles. The van der Waals surface area contributed by atoms with Crippen LogP contribution < -0.4 is 4.74 Å². The normalized spacial score (nSPS) is 9.90. The first kappa shape index (κ1) is 14.7. The van der Waals surface area contributed by atoms with Gasteiger partial charge in [0.15, 0.2) is 0 Å². The third-order valence-electron chi connectivity index (χ3n) is 2.79. The summed E-state index contributed by atoms with van der Waals surface area (Å²) in [5.74, 6) is 2.64. The van der Waals surface area contributed by atoms with E-state index in [2.05, 4.69) is 11.0 Å². The molecule has 0 saturated carbocycles. The molecule has 0 bridgehead atoms. The van der Waals surface area contributed by atoms with Crippen LogP contribution in [0.15, 0.2) is 36.7 Å². The maximum atomic E-state index is 11.8. The van der Waals surface area contributed by atoms with Crippen molar-refractivity contribution in [3.8, 4) is 18.1 Å². The molecule has 0 aliphatic rings. The Morgan fingerprint density at radius 2 is 2.14 bits per heavy atom. The van der Waals surface area contributed by atoms with Crippen LogP contribution in [0.1, 0.15) is 15.9 Å². The van der Waals surface area contributed by atoms with Crippen molar-refractivity contribution in [2.45, 2.75) is 6.42 Å². The first-order valence-corrected chi connectivity index (χ1v) is 6.50. The number of esters is 1. The lowest BCUT2D eigenvalue weighted by atomic mass is 10.2. The largest absolute Gasteiger partial charge is 0.481 e. The Labute approximate surface area is 123 Å². The molecule has 0 atom stereocenters. The smallest absolute Gasteiger partial charge is 0.338 e. The quantitative estimate of drug-likeness (QED) is 0.600. The predicted molar refractivity (Wildman–Crippen MR) is 78.0 cm³/mol. The van der Waals surface area contributed by atoms with Crippen LogP contribution in [0.5, 0.6) is 5.75 Å². The highest BCUT2D eigenvalue weighted by molar-refractivity contribution is 5.89. The Morgan fingerprint density at radius 3 is 2.76 bits per heavy atom. The average Bonchev–Trinajstić information content (AvgIpc) is 2.91. The fourth-order valence-corrected chi connectivity index (χ4v) is 1.76. The highest BCUT2D eigenvalue weighted by Crippen LogP contribution is 2.13. The number of terminal acetylenes is 1. The number of aryl methyl sites for hydroxylation is 1. The van der Waals surface area contributed by atoms with Gasteiger partial charge in [0.2, 0.25) is 0 Å². The fourth-order valence-electron chi connectivity index (χ4n) is 1.76. The maximum absolute atomic E-state index is 11.8. The molecule has 0 fully saturated rings. The van der Waals surface area contributed by atoms with E-state index in [-0.39, 0.29) is 12.6 Å². The van der Waals surface area contributed by atoms with Crippen molar-refractivity contribution in [3.05, 3.63) is 47.8 Å². The van der Waals surface area contributed by atoms with Gasteiger partial charge in [-0.25, -0.2) is 4.79 Å². The van der Waals surface area contributed by atoms with E-state index in [0.29, 0.717) is 24.3 Å². The van der Waals surface area contributed by atoms with E-state index < -0.39 is 0 Å². The van der Waals surface area contributed by atoms with Crippen molar-refractivity contribution in [1.29, 1.82) is 0 Å². The van der Waals surface area contributed by atoms with Gasteiger partial charge in [0.1, 0.15) is 12.4 Å². The number of hydrogen-bond donors (Lipinski definition) is 0. The molecule has 108 valence electrons. The van der Waals surface area contributed by atoms with Crippen LogP contribution >= 0.6 is 0 Å². The molecule has 2 rings (SSSR count). The maximum Gasteiger partial charge on any atom is 0.338 e. The average molecular weight is 284 g/mol. The summed E-state index contributed by atoms with van der Waals surface area (Å²) in [5.41, 5.74) is 1.51. The molecule has 0 saturated heterocycles. The third kappa shape index (κ3) is 4.39. The van der Waals surface area contributed by atoms with Gasteiger partial charge in [0, 0.05) is 19.7 Å². The van der Waals surface area contributed by atoms with Gasteiger partial charge in [-0.3, -0.25) is 4.68 Å². The highest BCUT2D eigenvalue weighted by Gasteiger charge is 2.07. The lowest BCUT2D eigenvalue weighted by Gasteiger charge is -2.05. The lowest BCUT2D eigenvalue weighted by molar-refractivity contribution is 0.0509. The Bertz CT molecular complexity index is 638. The number of ether oxygens (including phenoxy) is 2. The minimum Gasteiger partial charge on any atom is -0.481 e. The minimum absolute atomic E-state index is 0.203. The molecule has 0 amide bonds.